The molecule has 1 N–H and O–H groups in total. The molecule has 0 saturated heterocycles. The standard InChI is InChI=1S/C34H26Cl2NOPS/c1-25-17-19-26(20-18-25)33(38)37-34(32(36)40-31-23-21-27(35)22-24-31)39(28-11-5-2-6-12-28,29-13-7-3-8-14-29)30-15-9-4-10-16-30/h2-24H,1H3/p+1/b34-32-. The number of carbonyl (C=O) groups excluding carboxylic acids is 1. The Labute approximate surface area is 250 Å². The highest BCUT2D eigenvalue weighted by molar-refractivity contribution is 8.06. The summed E-state index contributed by atoms with van der Waals surface area (Å²) in [5.74, 6) is -0.211. The van der Waals surface area contributed by atoms with Crippen LogP contribution in [0, 0.1) is 6.92 Å². The van der Waals surface area contributed by atoms with Gasteiger partial charge in [0.2, 0.25) is 5.44 Å². The second-order valence-corrected chi connectivity index (χ2v) is 14.6. The van der Waals surface area contributed by atoms with Crippen LogP contribution in [0.4, 0.5) is 0 Å². The molecule has 0 aliphatic carbocycles. The van der Waals surface area contributed by atoms with Crippen LogP contribution < -0.4 is 21.2 Å². The van der Waals surface area contributed by atoms with Gasteiger partial charge < -0.3 is 0 Å². The lowest BCUT2D eigenvalue weighted by Crippen LogP contribution is -2.38. The van der Waals surface area contributed by atoms with E-state index in [1.54, 1.807) is 0 Å². The fourth-order valence-electron chi connectivity index (χ4n) is 4.59. The van der Waals surface area contributed by atoms with Crippen molar-refractivity contribution in [3.63, 3.8) is 0 Å². The van der Waals surface area contributed by atoms with Gasteiger partial charge in [0, 0.05) is 15.5 Å². The number of aryl methyl sites for hydroxylation is 1. The van der Waals surface area contributed by atoms with E-state index in [1.807, 2.05) is 110 Å². The summed E-state index contributed by atoms with van der Waals surface area (Å²) in [5, 5.41) is 7.24. The third-order valence-electron chi connectivity index (χ3n) is 6.52. The molecule has 1 amide bonds. The number of nitrogens with one attached hydrogen (secondary N) is 1. The monoisotopic (exact) mass is 598 g/mol. The maximum atomic E-state index is 13.9. The van der Waals surface area contributed by atoms with Crippen LogP contribution in [0.3, 0.4) is 0 Å². The van der Waals surface area contributed by atoms with Gasteiger partial charge in [-0.05, 0) is 79.7 Å². The van der Waals surface area contributed by atoms with E-state index in [1.165, 1.54) is 11.8 Å². The SMILES string of the molecule is Cc1ccc(C(=O)N/C(=C(\Cl)Sc2ccc(Cl)cc2)[P+](c2ccccc2)(c2ccccc2)c2ccccc2)cc1. The number of carbonyl (C=O) groups is 1. The second-order valence-electron chi connectivity index (χ2n) is 9.18. The van der Waals surface area contributed by atoms with Crippen molar-refractivity contribution in [2.24, 2.45) is 0 Å². The highest BCUT2D eigenvalue weighted by Crippen LogP contribution is 2.64. The first-order valence-corrected chi connectivity index (χ1v) is 16.1. The minimum Gasteiger partial charge on any atom is -0.290 e. The molecule has 6 heteroatoms. The van der Waals surface area contributed by atoms with Gasteiger partial charge in [-0.25, -0.2) is 0 Å². The molecule has 0 aliphatic rings. The van der Waals surface area contributed by atoms with Crippen molar-refractivity contribution in [1.82, 2.24) is 5.32 Å². The summed E-state index contributed by atoms with van der Waals surface area (Å²) < 4.78 is 0.493. The third-order valence-corrected chi connectivity index (χ3v) is 12.6. The van der Waals surface area contributed by atoms with E-state index in [4.69, 9.17) is 23.2 Å². The summed E-state index contributed by atoms with van der Waals surface area (Å²) in [6, 6.07) is 46.1. The fourth-order valence-corrected chi connectivity index (χ4v) is 10.6. The molecule has 0 fully saturated rings. The highest BCUT2D eigenvalue weighted by atomic mass is 35.5. The Kier molecular flexibility index (Phi) is 9.09. The molecule has 198 valence electrons. The molecule has 5 rings (SSSR count). The smallest absolute Gasteiger partial charge is 0.258 e. The molecule has 0 atom stereocenters. The van der Waals surface area contributed by atoms with E-state index in [9.17, 15) is 4.79 Å². The van der Waals surface area contributed by atoms with Gasteiger partial charge in [-0.15, -0.1) is 0 Å². The number of rotatable bonds is 8. The zero-order valence-corrected chi connectivity index (χ0v) is 25.0. The highest BCUT2D eigenvalue weighted by Gasteiger charge is 2.52. The number of benzene rings is 5. The van der Waals surface area contributed by atoms with E-state index in [0.717, 1.165) is 26.4 Å². The summed E-state index contributed by atoms with van der Waals surface area (Å²) in [7, 11) is -2.68. The van der Waals surface area contributed by atoms with Gasteiger partial charge in [0.25, 0.3) is 5.91 Å². The van der Waals surface area contributed by atoms with Crippen LogP contribution in [0.1, 0.15) is 15.9 Å². The number of halogens is 2. The van der Waals surface area contributed by atoms with Crippen molar-refractivity contribution in [2.45, 2.75) is 11.8 Å². The summed E-state index contributed by atoms with van der Waals surface area (Å²) in [4.78, 5) is 14.8. The Hall–Kier alpha value is -3.33. The zero-order chi connectivity index (χ0) is 28.0. The molecule has 5 aromatic carbocycles. The van der Waals surface area contributed by atoms with Crippen molar-refractivity contribution in [3.8, 4) is 0 Å². The van der Waals surface area contributed by atoms with Crippen molar-refractivity contribution in [2.75, 3.05) is 0 Å². The minimum absolute atomic E-state index is 0.211. The average molecular weight is 600 g/mol. The topological polar surface area (TPSA) is 29.1 Å². The molecular weight excluding hydrogens is 572 g/mol. The normalized spacial score (nSPS) is 12.0. The van der Waals surface area contributed by atoms with Crippen molar-refractivity contribution < 1.29 is 4.79 Å². The molecular formula is C34H27Cl2NOPS+. The predicted octanol–water partition coefficient (Wildman–Crippen LogP) is 8.53. The molecule has 40 heavy (non-hydrogen) atoms. The van der Waals surface area contributed by atoms with Gasteiger partial charge in [-0.2, -0.15) is 0 Å². The number of thioether (sulfide) groups is 1. The predicted molar refractivity (Wildman–Crippen MR) is 174 cm³/mol. The summed E-state index contributed by atoms with van der Waals surface area (Å²) in [6.45, 7) is 2.00. The van der Waals surface area contributed by atoms with E-state index in [-0.39, 0.29) is 5.91 Å². The van der Waals surface area contributed by atoms with E-state index in [0.29, 0.717) is 20.4 Å². The largest absolute Gasteiger partial charge is 0.290 e. The maximum Gasteiger partial charge on any atom is 0.258 e. The molecule has 0 unspecified atom stereocenters. The van der Waals surface area contributed by atoms with Crippen LogP contribution >= 0.6 is 42.2 Å². The first kappa shape index (κ1) is 28.2. The molecule has 0 radical (unpaired) electrons. The molecule has 0 aromatic heterocycles. The van der Waals surface area contributed by atoms with E-state index in [2.05, 4.69) is 41.7 Å². The zero-order valence-electron chi connectivity index (χ0n) is 21.8. The molecule has 5 aromatic rings. The average Bonchev–Trinajstić information content (AvgIpc) is 3.00. The number of hydrogen-bond acceptors (Lipinski definition) is 2. The first-order chi connectivity index (χ1) is 19.5. The van der Waals surface area contributed by atoms with Gasteiger partial charge >= 0.3 is 0 Å². The Bertz CT molecular complexity index is 1510. The Morgan fingerprint density at radius 3 is 1.55 bits per heavy atom. The van der Waals surface area contributed by atoms with E-state index >= 15 is 0 Å². The minimum atomic E-state index is -2.68. The maximum absolute atomic E-state index is 13.9. The van der Waals surface area contributed by atoms with Crippen molar-refractivity contribution in [1.29, 1.82) is 0 Å². The Morgan fingerprint density at radius 2 is 1.10 bits per heavy atom. The van der Waals surface area contributed by atoms with Gasteiger partial charge in [0.05, 0.1) is 0 Å². The molecule has 2 nitrogen and oxygen atoms in total. The molecule has 0 heterocycles. The van der Waals surface area contributed by atoms with Gasteiger partial charge in [0.15, 0.2) is 7.26 Å². The number of amides is 1. The molecule has 0 bridgehead atoms. The first-order valence-electron chi connectivity index (χ1n) is 12.8. The van der Waals surface area contributed by atoms with Crippen molar-refractivity contribution >= 4 is 64.0 Å². The summed E-state index contributed by atoms with van der Waals surface area (Å²) in [6.07, 6.45) is 0. The fraction of sp³-hybridized carbons (Fsp3) is 0.0294. The summed E-state index contributed by atoms with van der Waals surface area (Å²) in [5.41, 5.74) is 2.34. The van der Waals surface area contributed by atoms with Crippen molar-refractivity contribution in [3.05, 3.63) is 165 Å². The summed E-state index contributed by atoms with van der Waals surface area (Å²) >= 11 is 14.9. The molecule has 0 spiro atoms. The molecule has 0 saturated carbocycles. The lowest BCUT2D eigenvalue weighted by Gasteiger charge is -2.30. The Balaban J connectivity index is 1.80. The molecule has 0 aliphatic heterocycles. The van der Waals surface area contributed by atoms with E-state index < -0.39 is 7.26 Å². The van der Waals surface area contributed by atoms with Gasteiger partial charge in [-0.1, -0.05) is 107 Å². The van der Waals surface area contributed by atoms with Crippen LogP contribution in [0.2, 0.25) is 5.02 Å². The lowest BCUT2D eigenvalue weighted by molar-refractivity contribution is 0.0968. The second kappa shape index (κ2) is 12.9. The van der Waals surface area contributed by atoms with Crippen LogP contribution in [0.15, 0.2) is 154 Å². The van der Waals surface area contributed by atoms with Crippen LogP contribution in [-0.2, 0) is 0 Å². The van der Waals surface area contributed by atoms with Crippen LogP contribution in [0.25, 0.3) is 0 Å². The Morgan fingerprint density at radius 1 is 0.650 bits per heavy atom. The quantitative estimate of drug-likeness (QED) is 0.143. The third kappa shape index (κ3) is 6.04. The van der Waals surface area contributed by atoms with Gasteiger partial charge in [0.1, 0.15) is 20.3 Å². The van der Waals surface area contributed by atoms with Crippen LogP contribution in [0.5, 0.6) is 0 Å². The van der Waals surface area contributed by atoms with Gasteiger partial charge in [-0.3, -0.25) is 10.1 Å². The number of hydrogen-bond donors (Lipinski definition) is 1. The lowest BCUT2D eigenvalue weighted by atomic mass is 10.1. The van der Waals surface area contributed by atoms with Crippen LogP contribution in [-0.4, -0.2) is 5.91 Å².